The average molecular weight is 266 g/mol. The molecule has 0 radical (unpaired) electrons. The molecule has 0 saturated heterocycles. The highest BCUT2D eigenvalue weighted by atomic mass is 16.5. The molecule has 19 heavy (non-hydrogen) atoms. The SMILES string of the molecule is COCC(C)(C=O)n1cnc2[nH]c(=O)n(C)c(=O)c21. The molecule has 0 amide bonds. The molecule has 2 rings (SSSR count). The summed E-state index contributed by atoms with van der Waals surface area (Å²) in [5.41, 5.74) is -1.82. The van der Waals surface area contributed by atoms with Gasteiger partial charge in [0.25, 0.3) is 5.56 Å². The number of hydrogen-bond donors (Lipinski definition) is 1. The lowest BCUT2D eigenvalue weighted by Crippen LogP contribution is -2.40. The van der Waals surface area contributed by atoms with Crippen molar-refractivity contribution < 1.29 is 9.53 Å². The summed E-state index contributed by atoms with van der Waals surface area (Å²) in [6.07, 6.45) is 2.03. The second-order valence-corrected chi connectivity index (χ2v) is 4.51. The Morgan fingerprint density at radius 3 is 2.79 bits per heavy atom. The highest BCUT2D eigenvalue weighted by molar-refractivity contribution is 5.73. The van der Waals surface area contributed by atoms with Crippen LogP contribution in [0.4, 0.5) is 0 Å². The number of aldehydes is 1. The summed E-state index contributed by atoms with van der Waals surface area (Å²) in [7, 11) is 2.81. The van der Waals surface area contributed by atoms with Crippen molar-refractivity contribution in [3.8, 4) is 0 Å². The number of nitrogens with zero attached hydrogens (tertiary/aromatic N) is 3. The first-order valence-electron chi connectivity index (χ1n) is 5.56. The molecule has 0 spiro atoms. The van der Waals surface area contributed by atoms with Crippen molar-refractivity contribution in [3.05, 3.63) is 27.2 Å². The van der Waals surface area contributed by atoms with Crippen molar-refractivity contribution in [2.45, 2.75) is 12.5 Å². The number of H-pyrrole nitrogens is 1. The number of aromatic amines is 1. The van der Waals surface area contributed by atoms with Gasteiger partial charge in [-0.05, 0) is 6.92 Å². The topological polar surface area (TPSA) is 99.0 Å². The summed E-state index contributed by atoms with van der Waals surface area (Å²) in [5.74, 6) is 0. The Morgan fingerprint density at radius 2 is 2.21 bits per heavy atom. The van der Waals surface area contributed by atoms with E-state index >= 15 is 0 Å². The van der Waals surface area contributed by atoms with Crippen LogP contribution < -0.4 is 11.2 Å². The van der Waals surface area contributed by atoms with E-state index in [2.05, 4.69) is 9.97 Å². The van der Waals surface area contributed by atoms with E-state index in [1.165, 1.54) is 25.1 Å². The first-order chi connectivity index (χ1) is 8.94. The van der Waals surface area contributed by atoms with Crippen LogP contribution >= 0.6 is 0 Å². The van der Waals surface area contributed by atoms with E-state index in [1.807, 2.05) is 0 Å². The average Bonchev–Trinajstić information content (AvgIpc) is 2.80. The van der Waals surface area contributed by atoms with Crippen molar-refractivity contribution in [1.82, 2.24) is 19.1 Å². The Labute approximate surface area is 107 Å². The molecule has 102 valence electrons. The second kappa shape index (κ2) is 4.47. The van der Waals surface area contributed by atoms with Gasteiger partial charge in [0.2, 0.25) is 0 Å². The lowest BCUT2D eigenvalue weighted by molar-refractivity contribution is -0.116. The number of methoxy groups -OCH3 is 1. The molecule has 1 atom stereocenters. The molecule has 2 heterocycles. The monoisotopic (exact) mass is 266 g/mol. The highest BCUT2D eigenvalue weighted by Gasteiger charge is 2.29. The van der Waals surface area contributed by atoms with E-state index < -0.39 is 16.8 Å². The molecule has 0 aromatic carbocycles. The normalized spacial score (nSPS) is 14.5. The summed E-state index contributed by atoms with van der Waals surface area (Å²) in [6.45, 7) is 1.71. The minimum atomic E-state index is -1.06. The van der Waals surface area contributed by atoms with Crippen molar-refractivity contribution in [1.29, 1.82) is 0 Å². The van der Waals surface area contributed by atoms with Crippen molar-refractivity contribution in [3.63, 3.8) is 0 Å². The van der Waals surface area contributed by atoms with Crippen LogP contribution in [0.1, 0.15) is 6.92 Å². The first kappa shape index (κ1) is 13.2. The summed E-state index contributed by atoms with van der Waals surface area (Å²) in [4.78, 5) is 41.3. The lowest BCUT2D eigenvalue weighted by atomic mass is 10.1. The molecule has 2 aromatic heterocycles. The number of fused-ring (bicyclic) bond motifs is 1. The van der Waals surface area contributed by atoms with Gasteiger partial charge in [-0.3, -0.25) is 14.3 Å². The van der Waals surface area contributed by atoms with Crippen LogP contribution in [0.25, 0.3) is 11.2 Å². The van der Waals surface area contributed by atoms with Gasteiger partial charge in [-0.1, -0.05) is 0 Å². The van der Waals surface area contributed by atoms with Crippen molar-refractivity contribution in [2.24, 2.45) is 7.05 Å². The third kappa shape index (κ3) is 1.89. The largest absolute Gasteiger partial charge is 0.382 e. The maximum absolute atomic E-state index is 12.1. The van der Waals surface area contributed by atoms with Crippen LogP contribution in [0.5, 0.6) is 0 Å². The van der Waals surface area contributed by atoms with Gasteiger partial charge in [0, 0.05) is 14.2 Å². The van der Waals surface area contributed by atoms with Gasteiger partial charge in [0.1, 0.15) is 11.8 Å². The summed E-state index contributed by atoms with van der Waals surface area (Å²) in [5, 5.41) is 0. The van der Waals surface area contributed by atoms with Gasteiger partial charge in [-0.25, -0.2) is 9.78 Å². The summed E-state index contributed by atoms with van der Waals surface area (Å²) in [6, 6.07) is 0. The van der Waals surface area contributed by atoms with E-state index in [0.29, 0.717) is 6.29 Å². The van der Waals surface area contributed by atoms with Gasteiger partial charge < -0.3 is 14.1 Å². The molecule has 0 aliphatic rings. The predicted molar refractivity (Wildman–Crippen MR) is 67.2 cm³/mol. The molecule has 1 unspecified atom stereocenters. The number of imidazole rings is 1. The van der Waals surface area contributed by atoms with Crippen LogP contribution in [0, 0.1) is 0 Å². The molecule has 0 aliphatic heterocycles. The van der Waals surface area contributed by atoms with E-state index in [9.17, 15) is 14.4 Å². The van der Waals surface area contributed by atoms with Gasteiger partial charge >= 0.3 is 5.69 Å². The number of aromatic nitrogens is 4. The van der Waals surface area contributed by atoms with Crippen LogP contribution in [0.3, 0.4) is 0 Å². The molecule has 0 fully saturated rings. The third-order valence-electron chi connectivity index (χ3n) is 3.05. The Bertz CT molecular complexity index is 741. The van der Waals surface area contributed by atoms with Crippen LogP contribution in [0.2, 0.25) is 0 Å². The number of nitrogens with one attached hydrogen (secondary N) is 1. The maximum Gasteiger partial charge on any atom is 0.329 e. The zero-order valence-electron chi connectivity index (χ0n) is 10.8. The summed E-state index contributed by atoms with van der Waals surface area (Å²) >= 11 is 0. The smallest absolute Gasteiger partial charge is 0.329 e. The Hall–Kier alpha value is -2.22. The standard InChI is InChI=1S/C11H14N4O4/c1-11(4-16,5-19-3)15-6-12-8-7(15)9(17)14(2)10(18)13-8/h4,6H,5H2,1-3H3,(H,13,18). The van der Waals surface area contributed by atoms with Gasteiger partial charge in [-0.2, -0.15) is 0 Å². The van der Waals surface area contributed by atoms with Crippen molar-refractivity contribution in [2.75, 3.05) is 13.7 Å². The molecule has 0 saturated carbocycles. The third-order valence-corrected chi connectivity index (χ3v) is 3.05. The molecule has 8 nitrogen and oxygen atoms in total. The van der Waals surface area contributed by atoms with Crippen LogP contribution in [-0.2, 0) is 22.1 Å². The predicted octanol–water partition coefficient (Wildman–Crippen LogP) is -1.02. The number of hydrogen-bond acceptors (Lipinski definition) is 5. The number of carbonyl (C=O) groups is 1. The number of ether oxygens (including phenoxy) is 1. The second-order valence-electron chi connectivity index (χ2n) is 4.51. The molecular weight excluding hydrogens is 252 g/mol. The molecular formula is C11H14N4O4. The number of rotatable bonds is 4. The minimum absolute atomic E-state index is 0.0875. The molecule has 1 N–H and O–H groups in total. The first-order valence-corrected chi connectivity index (χ1v) is 5.56. The molecule has 0 bridgehead atoms. The Morgan fingerprint density at radius 1 is 1.53 bits per heavy atom. The zero-order valence-corrected chi connectivity index (χ0v) is 10.8. The van der Waals surface area contributed by atoms with Gasteiger partial charge in [0.05, 0.1) is 12.9 Å². The summed E-state index contributed by atoms with van der Waals surface area (Å²) < 4.78 is 7.35. The Kier molecular flexibility index (Phi) is 3.11. The highest BCUT2D eigenvalue weighted by Crippen LogP contribution is 2.17. The quantitative estimate of drug-likeness (QED) is 0.714. The zero-order chi connectivity index (χ0) is 14.2. The van der Waals surface area contributed by atoms with E-state index in [0.717, 1.165) is 4.57 Å². The van der Waals surface area contributed by atoms with Crippen LogP contribution in [0.15, 0.2) is 15.9 Å². The Balaban J connectivity index is 2.83. The number of carbonyl (C=O) groups excluding carboxylic acids is 1. The minimum Gasteiger partial charge on any atom is -0.382 e. The van der Waals surface area contributed by atoms with E-state index in [-0.39, 0.29) is 17.8 Å². The van der Waals surface area contributed by atoms with Crippen LogP contribution in [-0.4, -0.2) is 39.1 Å². The van der Waals surface area contributed by atoms with E-state index in [4.69, 9.17) is 4.74 Å². The van der Waals surface area contributed by atoms with Gasteiger partial charge in [0.15, 0.2) is 11.2 Å². The molecule has 8 heteroatoms. The molecule has 2 aromatic rings. The van der Waals surface area contributed by atoms with E-state index in [1.54, 1.807) is 6.92 Å². The van der Waals surface area contributed by atoms with Gasteiger partial charge in [-0.15, -0.1) is 0 Å². The fraction of sp³-hybridized carbons (Fsp3) is 0.455. The lowest BCUT2D eigenvalue weighted by Gasteiger charge is -2.24. The maximum atomic E-state index is 12.1. The fourth-order valence-corrected chi connectivity index (χ4v) is 1.92. The fourth-order valence-electron chi connectivity index (χ4n) is 1.92. The van der Waals surface area contributed by atoms with Crippen molar-refractivity contribution >= 4 is 17.5 Å². The molecule has 0 aliphatic carbocycles.